The summed E-state index contributed by atoms with van der Waals surface area (Å²) in [5.41, 5.74) is 6.78. The number of hydrogen-bond acceptors (Lipinski definition) is 5. The number of nitrogens with two attached hydrogens (primary N) is 1. The van der Waals surface area contributed by atoms with E-state index in [4.69, 9.17) is 5.73 Å². The van der Waals surface area contributed by atoms with Gasteiger partial charge in [-0.05, 0) is 29.3 Å². The fourth-order valence-corrected chi connectivity index (χ4v) is 5.03. The number of pyridine rings is 1. The average molecular weight is 410 g/mol. The average Bonchev–Trinajstić information content (AvgIpc) is 2.98. The molecule has 2 aliphatic heterocycles. The first-order valence-electron chi connectivity index (χ1n) is 8.75. The van der Waals surface area contributed by atoms with Gasteiger partial charge in [0.25, 0.3) is 0 Å². The van der Waals surface area contributed by atoms with Crippen LogP contribution in [-0.4, -0.2) is 46.6 Å². The molecule has 148 valence electrons. The lowest BCUT2D eigenvalue weighted by atomic mass is 9.81. The van der Waals surface area contributed by atoms with Gasteiger partial charge in [0.1, 0.15) is 5.54 Å². The molecule has 0 spiro atoms. The van der Waals surface area contributed by atoms with Gasteiger partial charge in [-0.1, -0.05) is 30.0 Å². The lowest BCUT2D eigenvalue weighted by molar-refractivity contribution is -0.144. The number of fused-ring (bicyclic) bond motifs is 1. The molecule has 4 nitrogen and oxygen atoms in total. The van der Waals surface area contributed by atoms with Crippen molar-refractivity contribution < 1.29 is 17.6 Å². The highest BCUT2D eigenvalue weighted by Crippen LogP contribution is 2.46. The van der Waals surface area contributed by atoms with Crippen molar-refractivity contribution in [3.05, 3.63) is 54.1 Å². The van der Waals surface area contributed by atoms with Crippen LogP contribution in [-0.2, 0) is 5.54 Å². The molecule has 2 aliphatic rings. The summed E-state index contributed by atoms with van der Waals surface area (Å²) in [7, 11) is 0. The van der Waals surface area contributed by atoms with Crippen LogP contribution >= 0.6 is 11.8 Å². The molecular formula is C19H18F4N4S. The van der Waals surface area contributed by atoms with Crippen LogP contribution < -0.4 is 5.73 Å². The number of hydrogen-bond donors (Lipinski definition) is 1. The van der Waals surface area contributed by atoms with Crippen molar-refractivity contribution in [1.29, 1.82) is 0 Å². The van der Waals surface area contributed by atoms with E-state index in [1.165, 1.54) is 22.9 Å². The van der Waals surface area contributed by atoms with Gasteiger partial charge in [-0.3, -0.25) is 4.90 Å². The first kappa shape index (κ1) is 19.2. The van der Waals surface area contributed by atoms with Gasteiger partial charge >= 0.3 is 6.18 Å². The minimum absolute atomic E-state index is 0.110. The lowest BCUT2D eigenvalue weighted by Gasteiger charge is -2.35. The summed E-state index contributed by atoms with van der Waals surface area (Å²) in [6.07, 6.45) is -2.91. The van der Waals surface area contributed by atoms with Gasteiger partial charge < -0.3 is 5.73 Å². The number of thioether (sulfide) groups is 1. The second-order valence-corrected chi connectivity index (χ2v) is 8.13. The predicted octanol–water partition coefficient (Wildman–Crippen LogP) is 3.64. The quantitative estimate of drug-likeness (QED) is 0.620. The van der Waals surface area contributed by atoms with Gasteiger partial charge in [0.15, 0.2) is 5.17 Å². The molecule has 1 aromatic carbocycles. The largest absolute Gasteiger partial charge is 0.401 e. The minimum Gasteiger partial charge on any atom is -0.379 e. The molecule has 4 rings (SSSR count). The van der Waals surface area contributed by atoms with E-state index in [2.05, 4.69) is 9.98 Å². The van der Waals surface area contributed by atoms with Crippen LogP contribution in [0.5, 0.6) is 0 Å². The number of aromatic nitrogens is 1. The Kier molecular flexibility index (Phi) is 4.83. The minimum atomic E-state index is -4.28. The van der Waals surface area contributed by atoms with Gasteiger partial charge in [-0.15, -0.1) is 0 Å². The van der Waals surface area contributed by atoms with Gasteiger partial charge in [0, 0.05) is 36.5 Å². The van der Waals surface area contributed by atoms with Crippen LogP contribution in [0.1, 0.15) is 5.56 Å². The van der Waals surface area contributed by atoms with Crippen LogP contribution in [0.15, 0.2) is 47.6 Å². The van der Waals surface area contributed by atoms with Crippen molar-refractivity contribution >= 4 is 16.9 Å². The van der Waals surface area contributed by atoms with Gasteiger partial charge in [-0.2, -0.15) is 17.6 Å². The normalized spacial score (nSPS) is 25.4. The molecule has 2 unspecified atom stereocenters. The number of rotatable bonds is 3. The fourth-order valence-electron chi connectivity index (χ4n) is 4.05. The van der Waals surface area contributed by atoms with E-state index in [-0.39, 0.29) is 19.0 Å². The standard InChI is InChI=1S/C19H18F4N4S/c20-16-15(5-2-6-25-16)12-3-1-4-13(7-12)18-10-27(11-19(21,22)23)8-14(18)9-28-17(24)26-18/h1-7,14H,8-11H2,(H2,24,26). The van der Waals surface area contributed by atoms with Gasteiger partial charge in [0.05, 0.1) is 6.54 Å². The molecule has 1 aromatic heterocycles. The third kappa shape index (κ3) is 3.60. The summed E-state index contributed by atoms with van der Waals surface area (Å²) in [5.74, 6) is -0.114. The number of nitrogens with zero attached hydrogens (tertiary/aromatic N) is 3. The molecular weight excluding hydrogens is 392 g/mol. The van der Waals surface area contributed by atoms with Crippen molar-refractivity contribution in [2.45, 2.75) is 11.7 Å². The Hall–Kier alpha value is -2.13. The number of halogens is 4. The lowest BCUT2D eigenvalue weighted by Crippen LogP contribution is -2.40. The molecule has 1 fully saturated rings. The Morgan fingerprint density at radius 2 is 2.07 bits per heavy atom. The first-order valence-corrected chi connectivity index (χ1v) is 9.74. The molecule has 2 atom stereocenters. The highest BCUT2D eigenvalue weighted by atomic mass is 32.2. The molecule has 0 amide bonds. The van der Waals surface area contributed by atoms with Crippen LogP contribution in [0.2, 0.25) is 0 Å². The Morgan fingerprint density at radius 1 is 1.25 bits per heavy atom. The number of aliphatic imine (C=N–C) groups is 1. The maximum Gasteiger partial charge on any atom is 0.401 e. The third-order valence-electron chi connectivity index (χ3n) is 5.20. The topological polar surface area (TPSA) is 54.5 Å². The smallest absolute Gasteiger partial charge is 0.379 e. The highest BCUT2D eigenvalue weighted by molar-refractivity contribution is 8.13. The van der Waals surface area contributed by atoms with Crippen molar-refractivity contribution in [3.8, 4) is 11.1 Å². The molecule has 28 heavy (non-hydrogen) atoms. The predicted molar refractivity (Wildman–Crippen MR) is 101 cm³/mol. The van der Waals surface area contributed by atoms with Crippen molar-refractivity contribution in [1.82, 2.24) is 9.88 Å². The van der Waals surface area contributed by atoms with Crippen LogP contribution in [0.4, 0.5) is 17.6 Å². The Morgan fingerprint density at radius 3 is 2.82 bits per heavy atom. The first-order chi connectivity index (χ1) is 13.3. The number of amidine groups is 1. The zero-order valence-electron chi connectivity index (χ0n) is 14.8. The monoisotopic (exact) mass is 410 g/mol. The van der Waals surface area contributed by atoms with Gasteiger partial charge in [-0.25, -0.2) is 9.98 Å². The number of alkyl halides is 3. The van der Waals surface area contributed by atoms with E-state index in [1.54, 1.807) is 30.3 Å². The van der Waals surface area contributed by atoms with E-state index in [1.807, 2.05) is 6.07 Å². The second kappa shape index (κ2) is 7.04. The maximum atomic E-state index is 14.1. The second-order valence-electron chi connectivity index (χ2n) is 7.09. The summed E-state index contributed by atoms with van der Waals surface area (Å²) in [4.78, 5) is 9.68. The molecule has 2 aromatic rings. The summed E-state index contributed by atoms with van der Waals surface area (Å²) >= 11 is 1.36. The fraction of sp³-hybridized carbons (Fsp3) is 0.368. The van der Waals surface area contributed by atoms with Gasteiger partial charge in [0.2, 0.25) is 5.95 Å². The van der Waals surface area contributed by atoms with Crippen LogP contribution in [0.25, 0.3) is 11.1 Å². The Bertz CT molecular complexity index is 917. The maximum absolute atomic E-state index is 14.1. The summed E-state index contributed by atoms with van der Waals surface area (Å²) in [6.45, 7) is -0.575. The van der Waals surface area contributed by atoms with E-state index in [0.29, 0.717) is 22.0 Å². The molecule has 0 aliphatic carbocycles. The van der Waals surface area contributed by atoms with Crippen molar-refractivity contribution in [3.63, 3.8) is 0 Å². The zero-order valence-corrected chi connectivity index (χ0v) is 15.6. The SMILES string of the molecule is NC1=NC2(c3cccc(-c4cccnc4F)c3)CN(CC(F)(F)F)CC2CS1. The Balaban J connectivity index is 1.76. The molecule has 0 bridgehead atoms. The van der Waals surface area contributed by atoms with E-state index in [0.717, 1.165) is 5.56 Å². The summed E-state index contributed by atoms with van der Waals surface area (Å²) in [6, 6.07) is 10.4. The summed E-state index contributed by atoms with van der Waals surface area (Å²) in [5, 5.41) is 0.364. The Labute approximate surface area is 163 Å². The van der Waals surface area contributed by atoms with Crippen molar-refractivity contribution in [2.24, 2.45) is 16.6 Å². The van der Waals surface area contributed by atoms with Crippen molar-refractivity contribution in [2.75, 3.05) is 25.4 Å². The molecule has 2 N–H and O–H groups in total. The number of likely N-dealkylation sites (tertiary alicyclic amines) is 1. The summed E-state index contributed by atoms with van der Waals surface area (Å²) < 4.78 is 53.0. The molecule has 0 radical (unpaired) electrons. The van der Waals surface area contributed by atoms with E-state index >= 15 is 0 Å². The van der Waals surface area contributed by atoms with E-state index < -0.39 is 24.2 Å². The number of benzene rings is 1. The highest BCUT2D eigenvalue weighted by Gasteiger charge is 2.51. The molecule has 3 heterocycles. The molecule has 9 heteroatoms. The molecule has 1 saturated heterocycles. The van der Waals surface area contributed by atoms with Crippen LogP contribution in [0.3, 0.4) is 0 Å². The third-order valence-corrected chi connectivity index (χ3v) is 6.15. The van der Waals surface area contributed by atoms with E-state index in [9.17, 15) is 17.6 Å². The van der Waals surface area contributed by atoms with Crippen LogP contribution in [0, 0.1) is 11.9 Å². The molecule has 0 saturated carbocycles. The zero-order chi connectivity index (χ0) is 19.9.